The molecule has 102 valence electrons. The normalized spacial score (nSPS) is 20.4. The maximum atomic E-state index is 10.6. The zero-order valence-electron chi connectivity index (χ0n) is 9.09. The van der Waals surface area contributed by atoms with E-state index in [1.54, 1.807) is 0 Å². The van der Waals surface area contributed by atoms with Gasteiger partial charge in [-0.15, -0.1) is 0 Å². The van der Waals surface area contributed by atoms with E-state index in [2.05, 4.69) is 0 Å². The first-order chi connectivity index (χ1) is 7.97. The van der Waals surface area contributed by atoms with Gasteiger partial charge in [-0.2, -0.15) is 0 Å². The SMILES string of the molecule is O=C[C@H](OCC(O)CO)[C@@H](O)[C@H](O)[C@H](O)CO. The Hall–Kier alpha value is -0.610. The fraction of sp³-hybridized carbons (Fsp3) is 0.889. The molecule has 0 heterocycles. The molecule has 0 aliphatic carbocycles. The van der Waals surface area contributed by atoms with E-state index < -0.39 is 50.3 Å². The van der Waals surface area contributed by atoms with Crippen molar-refractivity contribution in [3.8, 4) is 0 Å². The molecule has 6 N–H and O–H groups in total. The molecule has 0 spiro atoms. The fourth-order valence-electron chi connectivity index (χ4n) is 1.02. The topological polar surface area (TPSA) is 148 Å². The van der Waals surface area contributed by atoms with E-state index in [4.69, 9.17) is 25.2 Å². The lowest BCUT2D eigenvalue weighted by atomic mass is 10.0. The van der Waals surface area contributed by atoms with Crippen LogP contribution in [0.4, 0.5) is 0 Å². The number of aliphatic hydroxyl groups excluding tert-OH is 6. The van der Waals surface area contributed by atoms with Crippen LogP contribution in [0, 0.1) is 0 Å². The molecule has 0 aliphatic heterocycles. The molecule has 0 fully saturated rings. The molecule has 5 atom stereocenters. The predicted molar refractivity (Wildman–Crippen MR) is 54.0 cm³/mol. The molecule has 8 nitrogen and oxygen atoms in total. The Labute approximate surface area is 97.7 Å². The summed E-state index contributed by atoms with van der Waals surface area (Å²) in [4.78, 5) is 10.6. The molecule has 0 aromatic rings. The molecule has 0 radical (unpaired) electrons. The summed E-state index contributed by atoms with van der Waals surface area (Å²) >= 11 is 0. The summed E-state index contributed by atoms with van der Waals surface area (Å²) in [7, 11) is 0. The van der Waals surface area contributed by atoms with Gasteiger partial charge < -0.3 is 40.2 Å². The number of carbonyl (C=O) groups is 1. The number of ether oxygens (including phenoxy) is 1. The number of rotatable bonds is 9. The van der Waals surface area contributed by atoms with E-state index in [0.717, 1.165) is 0 Å². The highest BCUT2D eigenvalue weighted by molar-refractivity contribution is 5.57. The number of hydrogen-bond donors (Lipinski definition) is 6. The average Bonchev–Trinajstić information content (AvgIpc) is 2.36. The van der Waals surface area contributed by atoms with Crippen LogP contribution in [0.15, 0.2) is 0 Å². The van der Waals surface area contributed by atoms with Gasteiger partial charge in [0.15, 0.2) is 6.29 Å². The van der Waals surface area contributed by atoms with Gasteiger partial charge in [0.2, 0.25) is 0 Å². The second-order valence-corrected chi connectivity index (χ2v) is 3.50. The molecular weight excluding hydrogens is 236 g/mol. The number of carbonyl (C=O) groups excluding carboxylic acids is 1. The lowest BCUT2D eigenvalue weighted by Gasteiger charge is -2.26. The molecule has 0 aliphatic rings. The molecule has 0 amide bonds. The molecule has 0 saturated heterocycles. The molecule has 0 bridgehead atoms. The first kappa shape index (κ1) is 16.4. The molecule has 8 heteroatoms. The summed E-state index contributed by atoms with van der Waals surface area (Å²) in [6, 6.07) is 0. The zero-order chi connectivity index (χ0) is 13.4. The van der Waals surface area contributed by atoms with Crippen molar-refractivity contribution >= 4 is 6.29 Å². The maximum absolute atomic E-state index is 10.6. The number of aldehydes is 1. The Morgan fingerprint density at radius 1 is 1.00 bits per heavy atom. The largest absolute Gasteiger partial charge is 0.394 e. The van der Waals surface area contributed by atoms with Gasteiger partial charge in [0, 0.05) is 0 Å². The van der Waals surface area contributed by atoms with Crippen molar-refractivity contribution in [3.63, 3.8) is 0 Å². The molecule has 17 heavy (non-hydrogen) atoms. The van der Waals surface area contributed by atoms with Crippen LogP contribution in [-0.2, 0) is 9.53 Å². The van der Waals surface area contributed by atoms with Gasteiger partial charge in [0.25, 0.3) is 0 Å². The summed E-state index contributed by atoms with van der Waals surface area (Å²) in [5, 5.41) is 53.8. The van der Waals surface area contributed by atoms with Gasteiger partial charge in [-0.1, -0.05) is 0 Å². The molecule has 0 aromatic carbocycles. The third-order valence-electron chi connectivity index (χ3n) is 2.09. The first-order valence-corrected chi connectivity index (χ1v) is 4.98. The number of aliphatic hydroxyl groups is 6. The minimum atomic E-state index is -1.76. The molecule has 0 saturated carbocycles. The van der Waals surface area contributed by atoms with E-state index >= 15 is 0 Å². The van der Waals surface area contributed by atoms with E-state index in [9.17, 15) is 15.0 Å². The number of hydrogen-bond acceptors (Lipinski definition) is 8. The third kappa shape index (κ3) is 5.50. The Morgan fingerprint density at radius 2 is 1.59 bits per heavy atom. The van der Waals surface area contributed by atoms with Gasteiger partial charge in [0.1, 0.15) is 30.5 Å². The molecule has 1 unspecified atom stereocenters. The summed E-state index contributed by atoms with van der Waals surface area (Å²) < 4.78 is 4.74. The van der Waals surface area contributed by atoms with Crippen molar-refractivity contribution in [1.82, 2.24) is 0 Å². The van der Waals surface area contributed by atoms with E-state index in [-0.39, 0.29) is 6.29 Å². The predicted octanol–water partition coefficient (Wildman–Crippen LogP) is -4.00. The smallest absolute Gasteiger partial charge is 0.151 e. The minimum absolute atomic E-state index is 0.183. The Bertz CT molecular complexity index is 211. The van der Waals surface area contributed by atoms with Crippen LogP contribution < -0.4 is 0 Å². The highest BCUT2D eigenvalue weighted by Gasteiger charge is 2.31. The van der Waals surface area contributed by atoms with Crippen molar-refractivity contribution in [3.05, 3.63) is 0 Å². The maximum Gasteiger partial charge on any atom is 0.151 e. The van der Waals surface area contributed by atoms with Crippen molar-refractivity contribution in [2.45, 2.75) is 30.5 Å². The second kappa shape index (κ2) is 8.48. The third-order valence-corrected chi connectivity index (χ3v) is 2.09. The second-order valence-electron chi connectivity index (χ2n) is 3.50. The van der Waals surface area contributed by atoms with Crippen LogP contribution in [0.5, 0.6) is 0 Å². The Kier molecular flexibility index (Phi) is 8.17. The van der Waals surface area contributed by atoms with Crippen molar-refractivity contribution in [2.24, 2.45) is 0 Å². The molecule has 0 aromatic heterocycles. The van der Waals surface area contributed by atoms with Crippen LogP contribution in [0.25, 0.3) is 0 Å². The van der Waals surface area contributed by atoms with E-state index in [1.807, 2.05) is 0 Å². The monoisotopic (exact) mass is 254 g/mol. The quantitative estimate of drug-likeness (QED) is 0.228. The first-order valence-electron chi connectivity index (χ1n) is 4.98. The van der Waals surface area contributed by atoms with Crippen LogP contribution in [-0.4, -0.2) is 87.3 Å². The lowest BCUT2D eigenvalue weighted by molar-refractivity contribution is -0.151. The Balaban J connectivity index is 4.29. The minimum Gasteiger partial charge on any atom is -0.394 e. The van der Waals surface area contributed by atoms with E-state index in [0.29, 0.717) is 0 Å². The van der Waals surface area contributed by atoms with Gasteiger partial charge >= 0.3 is 0 Å². The van der Waals surface area contributed by atoms with Crippen LogP contribution >= 0.6 is 0 Å². The van der Waals surface area contributed by atoms with Crippen molar-refractivity contribution in [1.29, 1.82) is 0 Å². The standard InChI is InChI=1S/C9H18O8/c10-1-5(13)4-17-7(3-12)9(16)8(15)6(14)2-11/h3,5-11,13-16H,1-2,4H2/t5?,6-,7+,8-,9-/m1/s1. The summed E-state index contributed by atoms with van der Waals surface area (Å²) in [6.45, 7) is -1.79. The lowest BCUT2D eigenvalue weighted by Crippen LogP contribution is -2.48. The van der Waals surface area contributed by atoms with Gasteiger partial charge in [0.05, 0.1) is 19.8 Å². The van der Waals surface area contributed by atoms with Crippen molar-refractivity contribution in [2.75, 3.05) is 19.8 Å². The van der Waals surface area contributed by atoms with Gasteiger partial charge in [-0.3, -0.25) is 0 Å². The molecule has 0 rings (SSSR count). The highest BCUT2D eigenvalue weighted by atomic mass is 16.5. The highest BCUT2D eigenvalue weighted by Crippen LogP contribution is 2.07. The summed E-state index contributed by atoms with van der Waals surface area (Å²) in [5.74, 6) is 0. The zero-order valence-corrected chi connectivity index (χ0v) is 9.09. The van der Waals surface area contributed by atoms with Crippen LogP contribution in [0.1, 0.15) is 0 Å². The Morgan fingerprint density at radius 3 is 2.00 bits per heavy atom. The average molecular weight is 254 g/mol. The fourth-order valence-corrected chi connectivity index (χ4v) is 1.02. The van der Waals surface area contributed by atoms with E-state index in [1.165, 1.54) is 0 Å². The van der Waals surface area contributed by atoms with Crippen LogP contribution in [0.3, 0.4) is 0 Å². The van der Waals surface area contributed by atoms with Crippen LogP contribution in [0.2, 0.25) is 0 Å². The summed E-state index contributed by atoms with van der Waals surface area (Å²) in [6.07, 6.45) is -7.64. The molecular formula is C9H18O8. The summed E-state index contributed by atoms with van der Waals surface area (Å²) in [5.41, 5.74) is 0. The van der Waals surface area contributed by atoms with Crippen molar-refractivity contribution < 1.29 is 40.2 Å². The van der Waals surface area contributed by atoms with Gasteiger partial charge in [-0.05, 0) is 0 Å². The van der Waals surface area contributed by atoms with Gasteiger partial charge in [-0.25, -0.2) is 0 Å².